The first-order valence-electron chi connectivity index (χ1n) is 7.50. The molecule has 2 fully saturated rings. The van der Waals surface area contributed by atoms with Crippen LogP contribution in [0.25, 0.3) is 0 Å². The molecule has 120 valence electrons. The molecule has 0 bridgehead atoms. The fourth-order valence-electron chi connectivity index (χ4n) is 3.00. The highest BCUT2D eigenvalue weighted by Crippen LogP contribution is 2.17. The van der Waals surface area contributed by atoms with Crippen molar-refractivity contribution in [2.75, 3.05) is 39.3 Å². The van der Waals surface area contributed by atoms with E-state index >= 15 is 0 Å². The van der Waals surface area contributed by atoms with Crippen LogP contribution < -0.4 is 10.6 Å². The molecule has 4 nitrogen and oxygen atoms in total. The summed E-state index contributed by atoms with van der Waals surface area (Å²) in [6.45, 7) is 8.62. The lowest BCUT2D eigenvalue weighted by molar-refractivity contribution is -0.124. The summed E-state index contributed by atoms with van der Waals surface area (Å²) in [5, 5.41) is 6.39. The SMILES string of the molecule is CCCN1CCC(CNC(=O)C2CCNC2)CC1.Cl.Cl. The Balaban J connectivity index is 0.00000180. The average Bonchev–Trinajstić information content (AvgIpc) is 2.92. The van der Waals surface area contributed by atoms with Crippen molar-refractivity contribution in [1.82, 2.24) is 15.5 Å². The zero-order valence-corrected chi connectivity index (χ0v) is 14.0. The van der Waals surface area contributed by atoms with Gasteiger partial charge in [-0.25, -0.2) is 0 Å². The van der Waals surface area contributed by atoms with Gasteiger partial charge >= 0.3 is 0 Å². The van der Waals surface area contributed by atoms with Gasteiger partial charge in [0.1, 0.15) is 0 Å². The van der Waals surface area contributed by atoms with Gasteiger partial charge < -0.3 is 15.5 Å². The maximum absolute atomic E-state index is 11.9. The molecule has 2 heterocycles. The Morgan fingerprint density at radius 2 is 1.95 bits per heavy atom. The Bertz CT molecular complexity index is 265. The molecule has 20 heavy (non-hydrogen) atoms. The molecule has 0 aromatic rings. The number of hydrogen-bond acceptors (Lipinski definition) is 3. The predicted molar refractivity (Wildman–Crippen MR) is 87.9 cm³/mol. The van der Waals surface area contributed by atoms with Crippen molar-refractivity contribution >= 4 is 30.7 Å². The molecule has 6 heteroatoms. The first-order chi connectivity index (χ1) is 8.79. The van der Waals surface area contributed by atoms with Gasteiger partial charge in [0.15, 0.2) is 0 Å². The number of hydrogen-bond donors (Lipinski definition) is 2. The zero-order valence-electron chi connectivity index (χ0n) is 12.4. The van der Waals surface area contributed by atoms with Gasteiger partial charge in [-0.05, 0) is 57.8 Å². The van der Waals surface area contributed by atoms with Crippen LogP contribution in [-0.2, 0) is 4.79 Å². The normalized spacial score (nSPS) is 23.8. The number of carbonyl (C=O) groups is 1. The number of nitrogens with zero attached hydrogens (tertiary/aromatic N) is 1. The van der Waals surface area contributed by atoms with Crippen molar-refractivity contribution < 1.29 is 4.79 Å². The molecule has 0 aliphatic carbocycles. The molecule has 2 saturated heterocycles. The Kier molecular flexibility index (Phi) is 10.6. The van der Waals surface area contributed by atoms with Gasteiger partial charge in [-0.15, -0.1) is 24.8 Å². The molecule has 0 radical (unpaired) electrons. The average molecular weight is 326 g/mol. The molecule has 2 aliphatic rings. The Morgan fingerprint density at radius 1 is 1.25 bits per heavy atom. The van der Waals surface area contributed by atoms with Gasteiger partial charge in [-0.3, -0.25) is 4.79 Å². The summed E-state index contributed by atoms with van der Waals surface area (Å²) in [6.07, 6.45) is 4.73. The fourth-order valence-corrected chi connectivity index (χ4v) is 3.00. The van der Waals surface area contributed by atoms with Crippen LogP contribution >= 0.6 is 24.8 Å². The van der Waals surface area contributed by atoms with Crippen molar-refractivity contribution in [2.45, 2.75) is 32.6 Å². The predicted octanol–water partition coefficient (Wildman–Crippen LogP) is 1.68. The summed E-state index contributed by atoms with van der Waals surface area (Å²) >= 11 is 0. The number of halogens is 2. The quantitative estimate of drug-likeness (QED) is 0.808. The third-order valence-electron chi connectivity index (χ3n) is 4.24. The van der Waals surface area contributed by atoms with E-state index in [2.05, 4.69) is 22.5 Å². The number of amides is 1. The van der Waals surface area contributed by atoms with Gasteiger partial charge in [0.05, 0.1) is 5.92 Å². The van der Waals surface area contributed by atoms with Gasteiger partial charge in [0.25, 0.3) is 0 Å². The van der Waals surface area contributed by atoms with Crippen LogP contribution in [0.4, 0.5) is 0 Å². The van der Waals surface area contributed by atoms with Gasteiger partial charge in [-0.2, -0.15) is 0 Å². The van der Waals surface area contributed by atoms with E-state index < -0.39 is 0 Å². The Hall–Kier alpha value is -0.0300. The summed E-state index contributed by atoms with van der Waals surface area (Å²) < 4.78 is 0. The molecular formula is C14H29Cl2N3O. The van der Waals surface area contributed by atoms with E-state index in [-0.39, 0.29) is 36.6 Å². The second-order valence-corrected chi connectivity index (χ2v) is 5.72. The van der Waals surface area contributed by atoms with Crippen molar-refractivity contribution in [1.29, 1.82) is 0 Å². The maximum Gasteiger partial charge on any atom is 0.224 e. The Morgan fingerprint density at radius 3 is 2.50 bits per heavy atom. The van der Waals surface area contributed by atoms with E-state index in [1.807, 2.05) is 0 Å². The van der Waals surface area contributed by atoms with Crippen LogP contribution in [0.5, 0.6) is 0 Å². The van der Waals surface area contributed by atoms with E-state index in [1.165, 1.54) is 38.9 Å². The molecule has 1 amide bonds. The van der Waals surface area contributed by atoms with Crippen LogP contribution in [0.15, 0.2) is 0 Å². The highest BCUT2D eigenvalue weighted by molar-refractivity contribution is 5.85. The number of nitrogens with one attached hydrogen (secondary N) is 2. The van der Waals surface area contributed by atoms with E-state index in [0.717, 1.165) is 26.1 Å². The van der Waals surface area contributed by atoms with Crippen molar-refractivity contribution in [3.05, 3.63) is 0 Å². The lowest BCUT2D eigenvalue weighted by atomic mass is 9.96. The second-order valence-electron chi connectivity index (χ2n) is 5.72. The van der Waals surface area contributed by atoms with Gasteiger partial charge in [0.2, 0.25) is 5.91 Å². The molecule has 1 atom stereocenters. The Labute approximate surface area is 135 Å². The van der Waals surface area contributed by atoms with Crippen LogP contribution in [0, 0.1) is 11.8 Å². The van der Waals surface area contributed by atoms with Crippen molar-refractivity contribution in [3.8, 4) is 0 Å². The van der Waals surface area contributed by atoms with Gasteiger partial charge in [0, 0.05) is 13.1 Å². The topological polar surface area (TPSA) is 44.4 Å². The molecule has 2 N–H and O–H groups in total. The number of likely N-dealkylation sites (tertiary alicyclic amines) is 1. The maximum atomic E-state index is 11.9. The van der Waals surface area contributed by atoms with Gasteiger partial charge in [-0.1, -0.05) is 6.92 Å². The fraction of sp³-hybridized carbons (Fsp3) is 0.929. The van der Waals surface area contributed by atoms with E-state index in [4.69, 9.17) is 0 Å². The minimum Gasteiger partial charge on any atom is -0.356 e. The lowest BCUT2D eigenvalue weighted by Gasteiger charge is -2.31. The summed E-state index contributed by atoms with van der Waals surface area (Å²) in [4.78, 5) is 14.4. The van der Waals surface area contributed by atoms with Crippen LogP contribution in [0.1, 0.15) is 32.6 Å². The molecule has 0 spiro atoms. The molecule has 0 aromatic heterocycles. The number of carbonyl (C=O) groups excluding carboxylic acids is 1. The highest BCUT2D eigenvalue weighted by atomic mass is 35.5. The number of rotatable bonds is 5. The molecule has 0 aromatic carbocycles. The van der Waals surface area contributed by atoms with Crippen LogP contribution in [-0.4, -0.2) is 50.1 Å². The largest absolute Gasteiger partial charge is 0.356 e. The third kappa shape index (κ3) is 6.17. The highest BCUT2D eigenvalue weighted by Gasteiger charge is 2.24. The minimum atomic E-state index is 0. The first kappa shape index (κ1) is 20.0. The zero-order chi connectivity index (χ0) is 12.8. The molecular weight excluding hydrogens is 297 g/mol. The van der Waals surface area contributed by atoms with E-state index in [0.29, 0.717) is 5.92 Å². The smallest absolute Gasteiger partial charge is 0.224 e. The van der Waals surface area contributed by atoms with Crippen LogP contribution in [0.3, 0.4) is 0 Å². The second kappa shape index (κ2) is 10.7. The van der Waals surface area contributed by atoms with Crippen molar-refractivity contribution in [2.24, 2.45) is 11.8 Å². The summed E-state index contributed by atoms with van der Waals surface area (Å²) in [6, 6.07) is 0. The van der Waals surface area contributed by atoms with E-state index in [9.17, 15) is 4.79 Å². The monoisotopic (exact) mass is 325 g/mol. The minimum absolute atomic E-state index is 0. The summed E-state index contributed by atoms with van der Waals surface area (Å²) in [5.74, 6) is 1.16. The number of piperidine rings is 1. The first-order valence-corrected chi connectivity index (χ1v) is 7.50. The molecule has 2 rings (SSSR count). The molecule has 0 saturated carbocycles. The van der Waals surface area contributed by atoms with E-state index in [1.54, 1.807) is 0 Å². The molecule has 2 aliphatic heterocycles. The summed E-state index contributed by atoms with van der Waals surface area (Å²) in [7, 11) is 0. The summed E-state index contributed by atoms with van der Waals surface area (Å²) in [5.41, 5.74) is 0. The standard InChI is InChI=1S/C14H27N3O.2ClH/c1-2-7-17-8-4-12(5-9-17)10-16-14(18)13-3-6-15-11-13;;/h12-13,15H,2-11H2,1H3,(H,16,18);2*1H. The lowest BCUT2D eigenvalue weighted by Crippen LogP contribution is -2.40. The van der Waals surface area contributed by atoms with Crippen molar-refractivity contribution in [3.63, 3.8) is 0 Å². The molecule has 1 unspecified atom stereocenters. The third-order valence-corrected chi connectivity index (χ3v) is 4.24. The van der Waals surface area contributed by atoms with Crippen LogP contribution in [0.2, 0.25) is 0 Å².